The van der Waals surface area contributed by atoms with Crippen molar-refractivity contribution in [1.29, 1.82) is 0 Å². The van der Waals surface area contributed by atoms with E-state index >= 15 is 0 Å². The summed E-state index contributed by atoms with van der Waals surface area (Å²) in [5.74, 6) is -1.94. The van der Waals surface area contributed by atoms with Crippen LogP contribution in [0.3, 0.4) is 0 Å². The number of benzene rings is 2. The maximum atomic E-state index is 12.1. The first-order valence-corrected chi connectivity index (χ1v) is 7.24. The van der Waals surface area contributed by atoms with E-state index < -0.39 is 24.6 Å². The molecule has 0 aliphatic rings. The Morgan fingerprint density at radius 2 is 1.71 bits per heavy atom. The van der Waals surface area contributed by atoms with E-state index in [-0.39, 0.29) is 11.1 Å². The molecule has 1 heterocycles. The summed E-state index contributed by atoms with van der Waals surface area (Å²) in [6.07, 6.45) is -0.712. The van der Waals surface area contributed by atoms with Crippen LogP contribution in [0.4, 0.5) is 0 Å². The average molecular weight is 326 g/mol. The Bertz CT molecular complexity index is 952. The SMILES string of the molecule is CC(O)c1cccc2nc3c(C(=O)OC(=O)CO)cccc3nc12. The Kier molecular flexibility index (Phi) is 4.20. The standard InChI is InChI=1S/C17H14N2O5/c1-9(21)10-4-2-6-12-15(10)18-13-7-3-5-11(16(13)19-12)17(23)24-14(22)8-20/h2-7,9,20-21H,8H2,1H3. The minimum absolute atomic E-state index is 0.0751. The molecule has 1 aromatic heterocycles. The van der Waals surface area contributed by atoms with Gasteiger partial charge < -0.3 is 14.9 Å². The lowest BCUT2D eigenvalue weighted by Crippen LogP contribution is -2.16. The van der Waals surface area contributed by atoms with E-state index in [1.165, 1.54) is 6.07 Å². The number of aliphatic hydroxyl groups excluding tert-OH is 2. The molecule has 0 fully saturated rings. The number of nitrogens with zero attached hydrogens (tertiary/aromatic N) is 2. The van der Waals surface area contributed by atoms with Gasteiger partial charge in [0.1, 0.15) is 12.1 Å². The second kappa shape index (κ2) is 6.31. The van der Waals surface area contributed by atoms with Gasteiger partial charge in [-0.2, -0.15) is 0 Å². The summed E-state index contributed by atoms with van der Waals surface area (Å²) >= 11 is 0. The highest BCUT2D eigenvalue weighted by atomic mass is 16.6. The van der Waals surface area contributed by atoms with Crippen molar-refractivity contribution in [2.75, 3.05) is 6.61 Å². The highest BCUT2D eigenvalue weighted by Gasteiger charge is 2.18. The van der Waals surface area contributed by atoms with Crippen LogP contribution in [0.5, 0.6) is 0 Å². The van der Waals surface area contributed by atoms with E-state index in [2.05, 4.69) is 14.7 Å². The van der Waals surface area contributed by atoms with Crippen LogP contribution in [0.15, 0.2) is 36.4 Å². The zero-order chi connectivity index (χ0) is 17.3. The van der Waals surface area contributed by atoms with Crippen molar-refractivity contribution in [2.45, 2.75) is 13.0 Å². The van der Waals surface area contributed by atoms with Gasteiger partial charge >= 0.3 is 11.9 Å². The predicted octanol–water partition coefficient (Wildman–Crippen LogP) is 1.51. The van der Waals surface area contributed by atoms with Crippen LogP contribution >= 0.6 is 0 Å². The molecule has 2 aromatic carbocycles. The highest BCUT2D eigenvalue weighted by molar-refractivity contribution is 6.06. The molecule has 0 bridgehead atoms. The van der Waals surface area contributed by atoms with E-state index in [1.807, 2.05) is 0 Å². The molecule has 0 aliphatic heterocycles. The van der Waals surface area contributed by atoms with Crippen LogP contribution in [0.2, 0.25) is 0 Å². The summed E-state index contributed by atoms with van der Waals surface area (Å²) in [5, 5.41) is 18.5. The van der Waals surface area contributed by atoms with E-state index in [9.17, 15) is 14.7 Å². The molecule has 0 aliphatic carbocycles. The number of esters is 2. The van der Waals surface area contributed by atoms with E-state index in [0.717, 1.165) is 0 Å². The Labute approximate surface area is 136 Å². The van der Waals surface area contributed by atoms with Crippen molar-refractivity contribution in [3.05, 3.63) is 47.5 Å². The van der Waals surface area contributed by atoms with Gasteiger partial charge in [0, 0.05) is 5.56 Å². The number of rotatable bonds is 3. The van der Waals surface area contributed by atoms with Gasteiger partial charge in [-0.1, -0.05) is 18.2 Å². The van der Waals surface area contributed by atoms with E-state index in [1.54, 1.807) is 37.3 Å². The van der Waals surface area contributed by atoms with Crippen molar-refractivity contribution >= 4 is 34.0 Å². The number of hydrogen-bond donors (Lipinski definition) is 2. The molecule has 0 saturated carbocycles. The van der Waals surface area contributed by atoms with Crippen LogP contribution < -0.4 is 0 Å². The maximum Gasteiger partial charge on any atom is 0.348 e. The number of aliphatic hydroxyl groups is 2. The lowest BCUT2D eigenvalue weighted by molar-refractivity contribution is -0.141. The number of aromatic nitrogens is 2. The Morgan fingerprint density at radius 3 is 2.38 bits per heavy atom. The van der Waals surface area contributed by atoms with Gasteiger partial charge in [0.15, 0.2) is 0 Å². The molecule has 3 rings (SSSR count). The molecule has 24 heavy (non-hydrogen) atoms. The molecule has 0 radical (unpaired) electrons. The van der Waals surface area contributed by atoms with Crippen LogP contribution in [-0.2, 0) is 9.53 Å². The quantitative estimate of drug-likeness (QED) is 0.426. The fourth-order valence-electron chi connectivity index (χ4n) is 2.43. The fraction of sp³-hybridized carbons (Fsp3) is 0.176. The second-order valence-electron chi connectivity index (χ2n) is 5.21. The first-order chi connectivity index (χ1) is 11.5. The molecule has 3 aromatic rings. The number of carbonyl (C=O) groups excluding carboxylic acids is 2. The minimum Gasteiger partial charge on any atom is -0.389 e. The number of para-hydroxylation sites is 2. The van der Waals surface area contributed by atoms with Crippen LogP contribution in [0.25, 0.3) is 22.1 Å². The molecular weight excluding hydrogens is 312 g/mol. The Hall–Kier alpha value is -2.90. The van der Waals surface area contributed by atoms with Gasteiger partial charge in [0.2, 0.25) is 0 Å². The molecule has 2 N–H and O–H groups in total. The van der Waals surface area contributed by atoms with Gasteiger partial charge in [0.05, 0.1) is 28.2 Å². The van der Waals surface area contributed by atoms with Crippen LogP contribution in [-0.4, -0.2) is 38.7 Å². The van der Waals surface area contributed by atoms with Crippen molar-refractivity contribution in [3.63, 3.8) is 0 Å². The van der Waals surface area contributed by atoms with E-state index in [0.29, 0.717) is 22.1 Å². The van der Waals surface area contributed by atoms with Gasteiger partial charge in [-0.25, -0.2) is 19.6 Å². The van der Waals surface area contributed by atoms with Gasteiger partial charge in [-0.05, 0) is 25.1 Å². The third-order valence-corrected chi connectivity index (χ3v) is 3.53. The zero-order valence-electron chi connectivity index (χ0n) is 12.8. The smallest absolute Gasteiger partial charge is 0.348 e. The van der Waals surface area contributed by atoms with Gasteiger partial charge in [-0.15, -0.1) is 0 Å². The monoisotopic (exact) mass is 326 g/mol. The zero-order valence-corrected chi connectivity index (χ0v) is 12.8. The number of ether oxygens (including phenoxy) is 1. The number of fused-ring (bicyclic) bond motifs is 2. The lowest BCUT2D eigenvalue weighted by Gasteiger charge is -2.10. The van der Waals surface area contributed by atoms with Crippen molar-refractivity contribution in [2.24, 2.45) is 0 Å². The summed E-state index contributed by atoms with van der Waals surface area (Å²) in [5.41, 5.74) is 2.47. The number of hydrogen-bond acceptors (Lipinski definition) is 7. The van der Waals surface area contributed by atoms with Crippen molar-refractivity contribution < 1.29 is 24.5 Å². The third-order valence-electron chi connectivity index (χ3n) is 3.53. The van der Waals surface area contributed by atoms with Crippen molar-refractivity contribution in [3.8, 4) is 0 Å². The molecule has 1 unspecified atom stereocenters. The molecular formula is C17H14N2O5. The van der Waals surface area contributed by atoms with Crippen LogP contribution in [0.1, 0.15) is 28.9 Å². The normalized spacial score (nSPS) is 12.3. The first-order valence-electron chi connectivity index (χ1n) is 7.24. The molecule has 0 saturated heterocycles. The second-order valence-corrected chi connectivity index (χ2v) is 5.21. The molecule has 0 spiro atoms. The minimum atomic E-state index is -1.04. The van der Waals surface area contributed by atoms with Crippen LogP contribution in [0, 0.1) is 0 Å². The average Bonchev–Trinajstić information content (AvgIpc) is 2.58. The van der Waals surface area contributed by atoms with Gasteiger partial charge in [-0.3, -0.25) is 0 Å². The first kappa shape index (κ1) is 16.0. The fourth-order valence-corrected chi connectivity index (χ4v) is 2.43. The summed E-state index contributed by atoms with van der Waals surface area (Å²) in [6.45, 7) is 0.748. The number of carbonyl (C=O) groups is 2. The summed E-state index contributed by atoms with van der Waals surface area (Å²) in [6, 6.07) is 9.94. The molecule has 1 atom stereocenters. The molecule has 7 nitrogen and oxygen atoms in total. The summed E-state index contributed by atoms with van der Waals surface area (Å²) < 4.78 is 4.53. The molecule has 0 amide bonds. The lowest BCUT2D eigenvalue weighted by atomic mass is 10.1. The maximum absolute atomic E-state index is 12.1. The Morgan fingerprint density at radius 1 is 1.08 bits per heavy atom. The van der Waals surface area contributed by atoms with Gasteiger partial charge in [0.25, 0.3) is 0 Å². The topological polar surface area (TPSA) is 110 Å². The predicted molar refractivity (Wildman–Crippen MR) is 85.2 cm³/mol. The van der Waals surface area contributed by atoms with Crippen molar-refractivity contribution in [1.82, 2.24) is 9.97 Å². The van der Waals surface area contributed by atoms with E-state index in [4.69, 9.17) is 5.11 Å². The summed E-state index contributed by atoms with van der Waals surface area (Å²) in [4.78, 5) is 32.1. The Balaban J connectivity index is 2.20. The largest absolute Gasteiger partial charge is 0.389 e. The molecule has 122 valence electrons. The third kappa shape index (κ3) is 2.82. The summed E-state index contributed by atoms with van der Waals surface area (Å²) in [7, 11) is 0. The highest BCUT2D eigenvalue weighted by Crippen LogP contribution is 2.25. The molecule has 7 heteroatoms.